The minimum absolute atomic E-state index is 0.00566. The van der Waals surface area contributed by atoms with Crippen LogP contribution in [0.4, 0.5) is 0 Å². The highest BCUT2D eigenvalue weighted by molar-refractivity contribution is 5.77. The van der Waals surface area contributed by atoms with Gasteiger partial charge in [0.2, 0.25) is 5.91 Å². The van der Waals surface area contributed by atoms with Crippen molar-refractivity contribution in [3.05, 3.63) is 0 Å². The lowest BCUT2D eigenvalue weighted by molar-refractivity contribution is -0.136. The van der Waals surface area contributed by atoms with Crippen molar-refractivity contribution in [2.24, 2.45) is 0 Å². The molecular weight excluding hydrogens is 228 g/mol. The third kappa shape index (κ3) is 5.83. The van der Waals surface area contributed by atoms with E-state index in [1.807, 2.05) is 6.92 Å². The topological polar surface area (TPSA) is 50.4 Å². The molecule has 1 fully saturated rings. The average Bonchev–Trinajstić information content (AvgIpc) is 2.30. The van der Waals surface area contributed by atoms with E-state index in [0.717, 1.165) is 19.5 Å². The van der Waals surface area contributed by atoms with Gasteiger partial charge in [0.15, 0.2) is 0 Å². The Bertz CT molecular complexity index is 252. The molecule has 2 N–H and O–H groups in total. The zero-order valence-electron chi connectivity index (χ0n) is 12.1. The van der Waals surface area contributed by atoms with Crippen molar-refractivity contribution in [1.29, 1.82) is 0 Å². The van der Waals surface area contributed by atoms with E-state index in [-0.39, 0.29) is 24.2 Å². The molecule has 1 atom stereocenters. The van der Waals surface area contributed by atoms with Crippen LogP contribution in [0.15, 0.2) is 0 Å². The Morgan fingerprint density at radius 3 is 2.67 bits per heavy atom. The number of rotatable bonds is 9. The number of hydrogen-bond acceptors (Lipinski definition) is 3. The minimum atomic E-state index is -0.137. The second-order valence-electron chi connectivity index (χ2n) is 5.66. The lowest BCUT2D eigenvalue weighted by Gasteiger charge is -2.38. The van der Waals surface area contributed by atoms with Gasteiger partial charge in [-0.3, -0.25) is 4.79 Å². The van der Waals surface area contributed by atoms with Crippen LogP contribution in [0.5, 0.6) is 0 Å². The first-order chi connectivity index (χ1) is 8.56. The summed E-state index contributed by atoms with van der Waals surface area (Å²) in [5.74, 6) is 0.00566. The van der Waals surface area contributed by atoms with Crippen LogP contribution in [0.1, 0.15) is 52.9 Å². The van der Waals surface area contributed by atoms with Gasteiger partial charge in [-0.25, -0.2) is 0 Å². The minimum Gasteiger partial charge on any atom is -0.363 e. The molecule has 1 heterocycles. The Hall–Kier alpha value is -0.610. The van der Waals surface area contributed by atoms with Gasteiger partial charge in [0.05, 0.1) is 5.60 Å². The molecule has 0 aromatic rings. The third-order valence-corrected chi connectivity index (χ3v) is 3.45. The number of hydrogen-bond donors (Lipinski definition) is 2. The van der Waals surface area contributed by atoms with Gasteiger partial charge in [-0.1, -0.05) is 32.6 Å². The molecule has 0 bridgehead atoms. The van der Waals surface area contributed by atoms with Crippen molar-refractivity contribution in [3.63, 3.8) is 0 Å². The number of amides is 1. The van der Waals surface area contributed by atoms with Crippen molar-refractivity contribution in [2.45, 2.75) is 64.5 Å². The van der Waals surface area contributed by atoms with Crippen molar-refractivity contribution in [2.75, 3.05) is 19.7 Å². The van der Waals surface area contributed by atoms with Crippen LogP contribution in [0.3, 0.4) is 0 Å². The lowest BCUT2D eigenvalue weighted by Crippen LogP contribution is -2.59. The van der Waals surface area contributed by atoms with E-state index >= 15 is 0 Å². The molecule has 4 nitrogen and oxygen atoms in total. The summed E-state index contributed by atoms with van der Waals surface area (Å²) >= 11 is 0. The summed E-state index contributed by atoms with van der Waals surface area (Å²) in [7, 11) is 0. The second-order valence-corrected chi connectivity index (χ2v) is 5.66. The van der Waals surface area contributed by atoms with Crippen LogP contribution in [-0.4, -0.2) is 37.2 Å². The van der Waals surface area contributed by atoms with Crippen molar-refractivity contribution in [3.8, 4) is 0 Å². The zero-order chi connectivity index (χ0) is 13.4. The van der Waals surface area contributed by atoms with Crippen LogP contribution in [0.25, 0.3) is 0 Å². The largest absolute Gasteiger partial charge is 0.363 e. The van der Waals surface area contributed by atoms with E-state index in [2.05, 4.69) is 24.5 Å². The van der Waals surface area contributed by atoms with E-state index < -0.39 is 0 Å². The predicted molar refractivity (Wildman–Crippen MR) is 73.6 cm³/mol. The van der Waals surface area contributed by atoms with E-state index in [1.165, 1.54) is 25.7 Å². The monoisotopic (exact) mass is 256 g/mol. The summed E-state index contributed by atoms with van der Waals surface area (Å²) in [6.07, 6.45) is 6.05. The normalized spacial score (nSPS) is 19.1. The number of ether oxygens (including phenoxy) is 1. The molecule has 1 amide bonds. The zero-order valence-corrected chi connectivity index (χ0v) is 12.1. The Morgan fingerprint density at radius 2 is 2.11 bits per heavy atom. The van der Waals surface area contributed by atoms with Gasteiger partial charge in [0.1, 0.15) is 6.61 Å². The fraction of sp³-hybridized carbons (Fsp3) is 0.929. The molecule has 1 rings (SSSR count). The molecule has 1 aliphatic rings. The van der Waals surface area contributed by atoms with Gasteiger partial charge >= 0.3 is 0 Å². The van der Waals surface area contributed by atoms with Gasteiger partial charge in [-0.2, -0.15) is 0 Å². The fourth-order valence-corrected chi connectivity index (χ4v) is 2.08. The number of carbonyl (C=O) groups is 1. The second kappa shape index (κ2) is 7.74. The van der Waals surface area contributed by atoms with E-state index in [9.17, 15) is 4.79 Å². The van der Waals surface area contributed by atoms with Crippen LogP contribution in [0.2, 0.25) is 0 Å². The van der Waals surface area contributed by atoms with Gasteiger partial charge < -0.3 is 15.4 Å². The van der Waals surface area contributed by atoms with Crippen molar-refractivity contribution >= 4 is 5.91 Å². The maximum Gasteiger partial charge on any atom is 0.246 e. The molecule has 0 aromatic heterocycles. The van der Waals surface area contributed by atoms with Gasteiger partial charge in [-0.05, 0) is 20.3 Å². The number of nitrogens with one attached hydrogen (secondary N) is 2. The van der Waals surface area contributed by atoms with E-state index in [0.29, 0.717) is 0 Å². The van der Waals surface area contributed by atoms with Crippen LogP contribution >= 0.6 is 0 Å². The Labute approximate surface area is 111 Å². The molecule has 4 heteroatoms. The van der Waals surface area contributed by atoms with Crippen molar-refractivity contribution in [1.82, 2.24) is 10.6 Å². The van der Waals surface area contributed by atoms with Crippen molar-refractivity contribution < 1.29 is 9.53 Å². The first-order valence-electron chi connectivity index (χ1n) is 7.20. The summed E-state index contributed by atoms with van der Waals surface area (Å²) in [4.78, 5) is 11.7. The summed E-state index contributed by atoms with van der Waals surface area (Å²) in [5, 5.41) is 6.14. The highest BCUT2D eigenvalue weighted by atomic mass is 16.5. The van der Waals surface area contributed by atoms with Crippen LogP contribution in [0, 0.1) is 0 Å². The molecule has 0 saturated carbocycles. The molecule has 1 unspecified atom stereocenters. The summed E-state index contributed by atoms with van der Waals surface area (Å²) in [6, 6.07) is 0.255. The summed E-state index contributed by atoms with van der Waals surface area (Å²) < 4.78 is 5.60. The van der Waals surface area contributed by atoms with Gasteiger partial charge in [0, 0.05) is 19.1 Å². The fourth-order valence-electron chi connectivity index (χ4n) is 2.08. The molecular formula is C14H28N2O2. The maximum atomic E-state index is 11.7. The predicted octanol–water partition coefficient (Wildman–Crippen LogP) is 1.84. The first-order valence-corrected chi connectivity index (χ1v) is 7.20. The SMILES string of the molecule is CCCCCCC(C)NC(=O)COC1(C)CNC1. The molecule has 18 heavy (non-hydrogen) atoms. The molecule has 106 valence electrons. The summed E-state index contributed by atoms with van der Waals surface area (Å²) in [6.45, 7) is 8.16. The molecule has 1 aliphatic heterocycles. The Kier molecular flexibility index (Phi) is 6.65. The lowest BCUT2D eigenvalue weighted by atomic mass is 10.0. The van der Waals surface area contributed by atoms with Crippen LogP contribution < -0.4 is 10.6 Å². The smallest absolute Gasteiger partial charge is 0.246 e. The molecule has 0 aliphatic carbocycles. The first kappa shape index (κ1) is 15.4. The molecule has 0 spiro atoms. The number of unbranched alkanes of at least 4 members (excludes halogenated alkanes) is 3. The van der Waals surface area contributed by atoms with E-state index in [4.69, 9.17) is 4.74 Å². The molecule has 0 aromatic carbocycles. The van der Waals surface area contributed by atoms with Gasteiger partial charge in [0.25, 0.3) is 0 Å². The maximum absolute atomic E-state index is 11.7. The molecule has 1 saturated heterocycles. The van der Waals surface area contributed by atoms with Crippen LogP contribution in [-0.2, 0) is 9.53 Å². The van der Waals surface area contributed by atoms with Gasteiger partial charge in [-0.15, -0.1) is 0 Å². The Morgan fingerprint density at radius 1 is 1.39 bits per heavy atom. The number of carbonyl (C=O) groups excluding carboxylic acids is 1. The summed E-state index contributed by atoms with van der Waals surface area (Å²) in [5.41, 5.74) is -0.137. The third-order valence-electron chi connectivity index (χ3n) is 3.45. The van der Waals surface area contributed by atoms with E-state index in [1.54, 1.807) is 0 Å². The highest BCUT2D eigenvalue weighted by Gasteiger charge is 2.33. The molecule has 0 radical (unpaired) electrons. The quantitative estimate of drug-likeness (QED) is 0.619. The standard InChI is InChI=1S/C14H28N2O2/c1-4-5-6-7-8-12(2)16-13(17)9-18-14(3)10-15-11-14/h12,15H,4-11H2,1-3H3,(H,16,17). The highest BCUT2D eigenvalue weighted by Crippen LogP contribution is 2.14. The Balaban J connectivity index is 2.03. The average molecular weight is 256 g/mol.